The van der Waals surface area contributed by atoms with Gasteiger partial charge in [0.2, 0.25) is 0 Å². The first-order chi connectivity index (χ1) is 17.3. The van der Waals surface area contributed by atoms with Crippen LogP contribution < -0.4 is 28.0 Å². The lowest BCUT2D eigenvalue weighted by molar-refractivity contribution is -0.136. The number of halogens is 3. The summed E-state index contributed by atoms with van der Waals surface area (Å²) in [5.41, 5.74) is 3.71. The van der Waals surface area contributed by atoms with Gasteiger partial charge in [-0.25, -0.2) is 10.8 Å². The molecule has 0 unspecified atom stereocenters. The number of nitrogens with zero attached hydrogens (tertiary/aromatic N) is 3. The van der Waals surface area contributed by atoms with Gasteiger partial charge >= 0.3 is 6.18 Å². The number of nitrogens with two attached hydrogens (primary N) is 2. The first-order valence-corrected chi connectivity index (χ1v) is 11.4. The van der Waals surface area contributed by atoms with Crippen molar-refractivity contribution < 1.29 is 13.2 Å². The second-order valence-corrected chi connectivity index (χ2v) is 8.34. The number of aromatic nitrogens is 2. The number of alkyl halides is 3. The van der Waals surface area contributed by atoms with E-state index < -0.39 is 17.3 Å². The summed E-state index contributed by atoms with van der Waals surface area (Å²) in [6.07, 6.45) is 3.84. The molecule has 0 fully saturated rings. The zero-order valence-electron chi connectivity index (χ0n) is 19.3. The Bertz CT molecular complexity index is 1340. The van der Waals surface area contributed by atoms with Gasteiger partial charge in [0.15, 0.2) is 5.82 Å². The summed E-state index contributed by atoms with van der Waals surface area (Å²) >= 11 is 0. The maximum absolute atomic E-state index is 13.9. The Hall–Kier alpha value is -4.12. The molecule has 0 bridgehead atoms. The van der Waals surface area contributed by atoms with E-state index in [-0.39, 0.29) is 11.5 Å². The third kappa shape index (κ3) is 5.57. The number of rotatable bonds is 7. The molecular weight excluding hydrogens is 471 g/mol. The van der Waals surface area contributed by atoms with Gasteiger partial charge in [-0.2, -0.15) is 18.3 Å². The number of aryl methyl sites for hydroxylation is 1. The number of nitrogens with one attached hydrogen (secondary N) is 2. The summed E-state index contributed by atoms with van der Waals surface area (Å²) in [4.78, 5) is 17.1. The molecule has 8 nitrogen and oxygen atoms in total. The van der Waals surface area contributed by atoms with Gasteiger partial charge in [0.25, 0.3) is 5.56 Å². The first kappa shape index (κ1) is 25.0. The topological polar surface area (TPSA) is 123 Å². The highest BCUT2D eigenvalue weighted by molar-refractivity contribution is 5.81. The predicted octanol–water partition coefficient (Wildman–Crippen LogP) is 4.23. The van der Waals surface area contributed by atoms with Crippen LogP contribution in [-0.2, 0) is 12.6 Å². The van der Waals surface area contributed by atoms with E-state index in [0.29, 0.717) is 29.9 Å². The third-order valence-corrected chi connectivity index (χ3v) is 6.02. The van der Waals surface area contributed by atoms with Crippen molar-refractivity contribution in [1.82, 2.24) is 15.0 Å². The summed E-state index contributed by atoms with van der Waals surface area (Å²) in [6.45, 7) is 0. The van der Waals surface area contributed by atoms with Gasteiger partial charge in [-0.05, 0) is 66.6 Å². The van der Waals surface area contributed by atoms with Gasteiger partial charge < -0.3 is 16.6 Å². The molecule has 0 radical (unpaired) electrons. The van der Waals surface area contributed by atoms with Crippen LogP contribution in [-0.4, -0.2) is 15.4 Å². The molecule has 1 aliphatic carbocycles. The monoisotopic (exact) mass is 497 g/mol. The minimum Gasteiger partial charge on any atom is -0.335 e. The molecule has 188 valence electrons. The van der Waals surface area contributed by atoms with Crippen molar-refractivity contribution in [3.63, 3.8) is 0 Å². The van der Waals surface area contributed by atoms with E-state index in [2.05, 4.69) is 20.8 Å². The zero-order chi connectivity index (χ0) is 25.7. The standard InChI is InChI=1S/C25H26F3N7O/c26-25(27,28)20-15-18(17-3-1-2-4-17)8-11-21(20)32-23-24(36)35(14-13-31-23)19-9-5-16(6-10-19)7-12-22(33-29)34-30/h3,5-6,8-11,13-15H,1-2,4,7,12,29-30H2,(H,31,32)(H,33,34). The van der Waals surface area contributed by atoms with Crippen molar-refractivity contribution >= 4 is 22.9 Å². The Morgan fingerprint density at radius 2 is 1.94 bits per heavy atom. The van der Waals surface area contributed by atoms with E-state index in [1.54, 1.807) is 18.2 Å². The first-order valence-electron chi connectivity index (χ1n) is 11.4. The number of amidine groups is 1. The van der Waals surface area contributed by atoms with Crippen LogP contribution in [0.5, 0.6) is 0 Å². The maximum atomic E-state index is 13.9. The molecule has 1 heterocycles. The molecule has 0 spiro atoms. The number of benzene rings is 2. The molecule has 4 rings (SSSR count). The predicted molar refractivity (Wildman–Crippen MR) is 134 cm³/mol. The lowest BCUT2D eigenvalue weighted by Gasteiger charge is -2.16. The van der Waals surface area contributed by atoms with Crippen LogP contribution >= 0.6 is 0 Å². The number of hydrogen-bond donors (Lipinski definition) is 4. The summed E-state index contributed by atoms with van der Waals surface area (Å²) in [5, 5.41) is 6.14. The fourth-order valence-corrected chi connectivity index (χ4v) is 4.11. The van der Waals surface area contributed by atoms with Gasteiger partial charge in [0, 0.05) is 24.5 Å². The molecule has 3 aromatic rings. The number of allylic oxidation sites excluding steroid dienone is 2. The molecule has 1 aromatic heterocycles. The Morgan fingerprint density at radius 3 is 2.58 bits per heavy atom. The van der Waals surface area contributed by atoms with Crippen LogP contribution in [0.1, 0.15) is 42.4 Å². The van der Waals surface area contributed by atoms with Crippen molar-refractivity contribution in [2.75, 3.05) is 5.32 Å². The molecule has 0 atom stereocenters. The number of hydrogen-bond acceptors (Lipinski definition) is 6. The van der Waals surface area contributed by atoms with E-state index >= 15 is 0 Å². The Balaban J connectivity index is 1.59. The smallest absolute Gasteiger partial charge is 0.335 e. The molecule has 6 N–H and O–H groups in total. The summed E-state index contributed by atoms with van der Waals surface area (Å²) in [7, 11) is 0. The van der Waals surface area contributed by atoms with Crippen molar-refractivity contribution in [3.05, 3.63) is 88.0 Å². The second-order valence-electron chi connectivity index (χ2n) is 8.34. The molecule has 36 heavy (non-hydrogen) atoms. The van der Waals surface area contributed by atoms with E-state index in [9.17, 15) is 18.0 Å². The minimum absolute atomic E-state index is 0.210. The van der Waals surface area contributed by atoms with Crippen LogP contribution in [0.15, 0.2) is 70.8 Å². The van der Waals surface area contributed by atoms with E-state index in [1.165, 1.54) is 23.0 Å². The molecule has 0 amide bonds. The maximum Gasteiger partial charge on any atom is 0.418 e. The van der Waals surface area contributed by atoms with Crippen molar-refractivity contribution in [2.24, 2.45) is 16.8 Å². The highest BCUT2D eigenvalue weighted by Crippen LogP contribution is 2.39. The normalized spacial score (nSPS) is 14.0. The molecular formula is C25H26F3N7O. The Morgan fingerprint density at radius 1 is 1.17 bits per heavy atom. The largest absolute Gasteiger partial charge is 0.418 e. The Labute approximate surface area is 205 Å². The quantitative estimate of drug-likeness (QED) is 0.168. The zero-order valence-corrected chi connectivity index (χ0v) is 19.3. The highest BCUT2D eigenvalue weighted by atomic mass is 19.4. The molecule has 0 aliphatic heterocycles. The lowest BCUT2D eigenvalue weighted by Crippen LogP contribution is -2.31. The lowest BCUT2D eigenvalue weighted by atomic mass is 10.0. The molecule has 1 aliphatic rings. The van der Waals surface area contributed by atoms with Crippen LogP contribution in [0.3, 0.4) is 0 Å². The number of anilines is 2. The van der Waals surface area contributed by atoms with Crippen molar-refractivity contribution in [3.8, 4) is 5.69 Å². The van der Waals surface area contributed by atoms with Crippen molar-refractivity contribution in [1.29, 1.82) is 0 Å². The average molecular weight is 498 g/mol. The fraction of sp³-hybridized carbons (Fsp3) is 0.240. The fourth-order valence-electron chi connectivity index (χ4n) is 4.11. The van der Waals surface area contributed by atoms with Gasteiger partial charge in [-0.3, -0.25) is 9.36 Å². The molecule has 0 saturated carbocycles. The summed E-state index contributed by atoms with van der Waals surface area (Å²) in [6, 6.07) is 11.2. The van der Waals surface area contributed by atoms with Crippen LogP contribution in [0.25, 0.3) is 11.3 Å². The molecule has 2 aromatic carbocycles. The molecule has 0 saturated heterocycles. The third-order valence-electron chi connectivity index (χ3n) is 6.02. The van der Waals surface area contributed by atoms with Crippen LogP contribution in [0.4, 0.5) is 24.7 Å². The van der Waals surface area contributed by atoms with Crippen LogP contribution in [0.2, 0.25) is 0 Å². The van der Waals surface area contributed by atoms with Gasteiger partial charge in [0.05, 0.1) is 11.3 Å². The van der Waals surface area contributed by atoms with E-state index in [1.807, 2.05) is 18.2 Å². The summed E-state index contributed by atoms with van der Waals surface area (Å²) in [5.74, 6) is 10.8. The second kappa shape index (κ2) is 10.6. The number of hydrazone groups is 1. The van der Waals surface area contributed by atoms with Crippen LogP contribution in [0, 0.1) is 0 Å². The SMILES string of the molecule is N/N=C(/CCc1ccc(-n2ccnc(Nc3ccc(C4=CCCC4)cc3C(F)(F)F)c2=O)cc1)NN. The van der Waals surface area contributed by atoms with E-state index in [4.69, 9.17) is 11.7 Å². The number of hydrazine groups is 1. The van der Waals surface area contributed by atoms with Gasteiger partial charge in [0.1, 0.15) is 5.84 Å². The average Bonchev–Trinajstić information content (AvgIpc) is 3.41. The minimum atomic E-state index is -4.60. The Kier molecular flexibility index (Phi) is 7.39. The van der Waals surface area contributed by atoms with Gasteiger partial charge in [-0.15, -0.1) is 0 Å². The van der Waals surface area contributed by atoms with E-state index in [0.717, 1.165) is 36.5 Å². The highest BCUT2D eigenvalue weighted by Gasteiger charge is 2.34. The summed E-state index contributed by atoms with van der Waals surface area (Å²) < 4.78 is 42.9. The van der Waals surface area contributed by atoms with Crippen molar-refractivity contribution in [2.45, 2.75) is 38.3 Å². The van der Waals surface area contributed by atoms with Gasteiger partial charge in [-0.1, -0.05) is 24.3 Å². The molecule has 11 heteroatoms.